The maximum absolute atomic E-state index is 12.5. The maximum Gasteiger partial charge on any atom is 0.225 e. The van der Waals surface area contributed by atoms with Gasteiger partial charge in [-0.05, 0) is 30.9 Å². The van der Waals surface area contributed by atoms with Gasteiger partial charge < -0.3 is 9.88 Å². The van der Waals surface area contributed by atoms with Crippen LogP contribution in [0.25, 0.3) is 10.9 Å². The number of nitrogens with zero attached hydrogens (tertiary/aromatic N) is 2. The summed E-state index contributed by atoms with van der Waals surface area (Å²) in [5.41, 5.74) is 2.61. The Morgan fingerprint density at radius 1 is 1.12 bits per heavy atom. The molecule has 1 amide bonds. The second-order valence-electron chi connectivity index (χ2n) is 6.79. The minimum atomic E-state index is 0.211. The summed E-state index contributed by atoms with van der Waals surface area (Å²) in [6.45, 7) is 9.04. The molecule has 4 heteroatoms. The number of hydrogen-bond acceptors (Lipinski definition) is 2. The molecule has 0 unspecified atom stereocenters. The third-order valence-electron chi connectivity index (χ3n) is 5.39. The number of para-hydroxylation sites is 1. The molecule has 1 saturated heterocycles. The lowest BCUT2D eigenvalue weighted by atomic mass is 10.0. The number of aromatic amines is 1. The fourth-order valence-electron chi connectivity index (χ4n) is 3.70. The molecular weight excluding hydrogens is 298 g/mol. The number of nitrogens with one attached hydrogen (secondary N) is 1. The van der Waals surface area contributed by atoms with E-state index in [1.807, 2.05) is 0 Å². The number of benzene rings is 1. The number of hydrogen-bond donors (Lipinski definition) is 1. The van der Waals surface area contributed by atoms with E-state index in [2.05, 4.69) is 59.1 Å². The standard InChI is InChI=1S/C20H29N3O/c1-3-16(4-2)20(24)23-13-11-22(12-14-23)10-9-17-15-21-19-8-6-5-7-18(17)19/h5-8,15-16,21H,3-4,9-14H2,1-2H3. The van der Waals surface area contributed by atoms with Crippen LogP contribution in [0.3, 0.4) is 0 Å². The van der Waals surface area contributed by atoms with Gasteiger partial charge in [0, 0.05) is 55.7 Å². The Hall–Kier alpha value is -1.81. The van der Waals surface area contributed by atoms with E-state index >= 15 is 0 Å². The van der Waals surface area contributed by atoms with E-state index < -0.39 is 0 Å². The number of H-pyrrole nitrogens is 1. The maximum atomic E-state index is 12.5. The van der Waals surface area contributed by atoms with Crippen LogP contribution in [0.15, 0.2) is 30.5 Å². The van der Waals surface area contributed by atoms with Gasteiger partial charge in [0.1, 0.15) is 0 Å². The highest BCUT2D eigenvalue weighted by atomic mass is 16.2. The summed E-state index contributed by atoms with van der Waals surface area (Å²) in [6, 6.07) is 8.48. The average Bonchev–Trinajstić information content (AvgIpc) is 3.04. The topological polar surface area (TPSA) is 39.3 Å². The summed E-state index contributed by atoms with van der Waals surface area (Å²) < 4.78 is 0. The third kappa shape index (κ3) is 3.64. The van der Waals surface area contributed by atoms with Gasteiger partial charge in [-0.25, -0.2) is 0 Å². The van der Waals surface area contributed by atoms with Crippen LogP contribution in [0.4, 0.5) is 0 Å². The van der Waals surface area contributed by atoms with Gasteiger partial charge in [0.05, 0.1) is 0 Å². The monoisotopic (exact) mass is 327 g/mol. The van der Waals surface area contributed by atoms with Gasteiger partial charge in [-0.1, -0.05) is 32.0 Å². The van der Waals surface area contributed by atoms with E-state index in [1.54, 1.807) is 0 Å². The number of carbonyl (C=O) groups excluding carboxylic acids is 1. The fourth-order valence-corrected chi connectivity index (χ4v) is 3.70. The minimum absolute atomic E-state index is 0.211. The molecule has 1 N–H and O–H groups in total. The summed E-state index contributed by atoms with van der Waals surface area (Å²) in [4.78, 5) is 20.4. The van der Waals surface area contributed by atoms with E-state index in [1.165, 1.54) is 16.5 Å². The van der Waals surface area contributed by atoms with Crippen LogP contribution in [0.1, 0.15) is 32.3 Å². The number of piperazine rings is 1. The van der Waals surface area contributed by atoms with Gasteiger partial charge in [-0.3, -0.25) is 9.69 Å². The van der Waals surface area contributed by atoms with Crippen LogP contribution in [0.2, 0.25) is 0 Å². The Bertz CT molecular complexity index is 666. The molecule has 0 spiro atoms. The average molecular weight is 327 g/mol. The molecule has 2 heterocycles. The lowest BCUT2D eigenvalue weighted by Crippen LogP contribution is -2.50. The highest BCUT2D eigenvalue weighted by molar-refractivity contribution is 5.83. The Balaban J connectivity index is 1.50. The van der Waals surface area contributed by atoms with Crippen molar-refractivity contribution < 1.29 is 4.79 Å². The van der Waals surface area contributed by atoms with Gasteiger partial charge in [0.2, 0.25) is 5.91 Å². The van der Waals surface area contributed by atoms with E-state index in [4.69, 9.17) is 0 Å². The fraction of sp³-hybridized carbons (Fsp3) is 0.550. The second-order valence-corrected chi connectivity index (χ2v) is 6.79. The molecule has 130 valence electrons. The number of amides is 1. The van der Waals surface area contributed by atoms with Crippen molar-refractivity contribution in [3.05, 3.63) is 36.0 Å². The molecule has 1 fully saturated rings. The summed E-state index contributed by atoms with van der Waals surface area (Å²) in [7, 11) is 0. The molecule has 1 aliphatic rings. The molecule has 0 bridgehead atoms. The molecule has 1 aliphatic heterocycles. The molecule has 1 aromatic carbocycles. The number of aromatic nitrogens is 1. The predicted octanol–water partition coefficient (Wildman–Crippen LogP) is 3.29. The van der Waals surface area contributed by atoms with Gasteiger partial charge in [-0.15, -0.1) is 0 Å². The van der Waals surface area contributed by atoms with Gasteiger partial charge in [0.15, 0.2) is 0 Å². The van der Waals surface area contributed by atoms with E-state index in [-0.39, 0.29) is 5.92 Å². The lowest BCUT2D eigenvalue weighted by molar-refractivity contribution is -0.137. The molecular formula is C20H29N3O. The third-order valence-corrected chi connectivity index (χ3v) is 5.39. The molecule has 4 nitrogen and oxygen atoms in total. The smallest absolute Gasteiger partial charge is 0.225 e. The van der Waals surface area contributed by atoms with Gasteiger partial charge >= 0.3 is 0 Å². The Labute approximate surface area is 144 Å². The van der Waals surface area contributed by atoms with Crippen molar-refractivity contribution in [2.24, 2.45) is 5.92 Å². The summed E-state index contributed by atoms with van der Waals surface area (Å²) in [5.74, 6) is 0.569. The van der Waals surface area contributed by atoms with E-state index in [0.717, 1.165) is 52.0 Å². The first kappa shape index (κ1) is 17.0. The molecule has 0 saturated carbocycles. The molecule has 0 radical (unpaired) electrons. The molecule has 1 aromatic heterocycles. The first-order valence-electron chi connectivity index (χ1n) is 9.29. The van der Waals surface area contributed by atoms with Gasteiger partial charge in [0.25, 0.3) is 0 Å². The molecule has 3 rings (SSSR count). The van der Waals surface area contributed by atoms with Crippen molar-refractivity contribution in [1.82, 2.24) is 14.8 Å². The van der Waals surface area contributed by atoms with Crippen molar-refractivity contribution in [2.45, 2.75) is 33.1 Å². The second kappa shape index (κ2) is 7.84. The van der Waals surface area contributed by atoms with Gasteiger partial charge in [-0.2, -0.15) is 0 Å². The first-order valence-corrected chi connectivity index (χ1v) is 9.29. The summed E-state index contributed by atoms with van der Waals surface area (Å²) in [5, 5.41) is 1.33. The van der Waals surface area contributed by atoms with Crippen LogP contribution < -0.4 is 0 Å². The van der Waals surface area contributed by atoms with Crippen LogP contribution in [-0.4, -0.2) is 53.4 Å². The molecule has 0 atom stereocenters. The molecule has 24 heavy (non-hydrogen) atoms. The van der Waals surface area contributed by atoms with Crippen molar-refractivity contribution in [3.63, 3.8) is 0 Å². The lowest BCUT2D eigenvalue weighted by Gasteiger charge is -2.36. The van der Waals surface area contributed by atoms with Crippen LogP contribution >= 0.6 is 0 Å². The zero-order valence-electron chi connectivity index (χ0n) is 14.9. The Morgan fingerprint density at radius 2 is 1.83 bits per heavy atom. The number of rotatable bonds is 6. The van der Waals surface area contributed by atoms with E-state index in [9.17, 15) is 4.79 Å². The highest BCUT2D eigenvalue weighted by Gasteiger charge is 2.25. The normalized spacial score (nSPS) is 16.2. The predicted molar refractivity (Wildman–Crippen MR) is 99.1 cm³/mol. The van der Waals surface area contributed by atoms with Crippen molar-refractivity contribution >= 4 is 16.8 Å². The zero-order valence-corrected chi connectivity index (χ0v) is 14.9. The minimum Gasteiger partial charge on any atom is -0.361 e. The molecule has 2 aromatic rings. The quantitative estimate of drug-likeness (QED) is 0.884. The van der Waals surface area contributed by atoms with Crippen molar-refractivity contribution in [2.75, 3.05) is 32.7 Å². The Kier molecular flexibility index (Phi) is 5.56. The number of fused-ring (bicyclic) bond motifs is 1. The molecule has 0 aliphatic carbocycles. The largest absolute Gasteiger partial charge is 0.361 e. The van der Waals surface area contributed by atoms with Crippen LogP contribution in [-0.2, 0) is 11.2 Å². The van der Waals surface area contributed by atoms with Crippen molar-refractivity contribution in [1.29, 1.82) is 0 Å². The highest BCUT2D eigenvalue weighted by Crippen LogP contribution is 2.19. The SMILES string of the molecule is CCC(CC)C(=O)N1CCN(CCc2c[nH]c3ccccc23)CC1. The summed E-state index contributed by atoms with van der Waals surface area (Å²) in [6.07, 6.45) is 5.11. The van der Waals surface area contributed by atoms with Crippen molar-refractivity contribution in [3.8, 4) is 0 Å². The van der Waals surface area contributed by atoms with Crippen LogP contribution in [0, 0.1) is 5.92 Å². The van der Waals surface area contributed by atoms with Crippen LogP contribution in [0.5, 0.6) is 0 Å². The zero-order chi connectivity index (χ0) is 16.9. The Morgan fingerprint density at radius 3 is 2.54 bits per heavy atom. The summed E-state index contributed by atoms with van der Waals surface area (Å²) >= 11 is 0. The van der Waals surface area contributed by atoms with E-state index in [0.29, 0.717) is 5.91 Å². The number of carbonyl (C=O) groups is 1. The first-order chi connectivity index (χ1) is 11.7.